The summed E-state index contributed by atoms with van der Waals surface area (Å²) in [5.41, 5.74) is 4.34. The van der Waals surface area contributed by atoms with E-state index in [1.807, 2.05) is 60.3 Å². The van der Waals surface area contributed by atoms with Gasteiger partial charge in [-0.25, -0.2) is 0 Å². The van der Waals surface area contributed by atoms with Gasteiger partial charge in [0, 0.05) is 27.6 Å². The minimum Gasteiger partial charge on any atom is -0.294 e. The SMILES string of the molecule is O=C(c1ccccc1)C1C(c2ccccc2)C=C(c2ccccc2)SC1c1ccccc1. The van der Waals surface area contributed by atoms with Gasteiger partial charge in [-0.1, -0.05) is 127 Å². The number of hydrogen-bond donors (Lipinski definition) is 0. The second kappa shape index (κ2) is 9.42. The van der Waals surface area contributed by atoms with Crippen LogP contribution in [0.25, 0.3) is 4.91 Å². The van der Waals surface area contributed by atoms with Crippen molar-refractivity contribution >= 4 is 22.5 Å². The Kier molecular flexibility index (Phi) is 6.04. The fourth-order valence-electron chi connectivity index (χ4n) is 4.46. The summed E-state index contributed by atoms with van der Waals surface area (Å²) >= 11 is 1.81. The maximum absolute atomic E-state index is 14.0. The van der Waals surface area contributed by atoms with Crippen molar-refractivity contribution < 1.29 is 4.79 Å². The number of ketones is 1. The zero-order valence-electron chi connectivity index (χ0n) is 17.7. The minimum atomic E-state index is -0.195. The quantitative estimate of drug-likeness (QED) is 0.299. The molecule has 0 saturated heterocycles. The molecule has 32 heavy (non-hydrogen) atoms. The molecule has 4 aromatic carbocycles. The monoisotopic (exact) mass is 432 g/mol. The first-order chi connectivity index (χ1) is 15.8. The Morgan fingerprint density at radius 3 is 1.69 bits per heavy atom. The normalized spacial score (nSPS) is 20.4. The Bertz CT molecular complexity index is 1200. The van der Waals surface area contributed by atoms with Gasteiger partial charge in [0.25, 0.3) is 0 Å². The first-order valence-corrected chi connectivity index (χ1v) is 11.8. The first kappa shape index (κ1) is 20.5. The molecule has 156 valence electrons. The molecular weight excluding hydrogens is 408 g/mol. The number of thioether (sulfide) groups is 1. The minimum absolute atomic E-state index is 0.00873. The molecule has 3 unspecified atom stereocenters. The average Bonchev–Trinajstić information content (AvgIpc) is 2.89. The van der Waals surface area contributed by atoms with Gasteiger partial charge < -0.3 is 0 Å². The molecular formula is C30H24OS. The van der Waals surface area contributed by atoms with Gasteiger partial charge >= 0.3 is 0 Å². The van der Waals surface area contributed by atoms with Gasteiger partial charge in [0.05, 0.1) is 0 Å². The molecule has 0 aromatic heterocycles. The van der Waals surface area contributed by atoms with Crippen LogP contribution < -0.4 is 0 Å². The maximum Gasteiger partial charge on any atom is 0.168 e. The Morgan fingerprint density at radius 1 is 0.594 bits per heavy atom. The molecule has 5 rings (SSSR count). The van der Waals surface area contributed by atoms with Gasteiger partial charge in [-0.3, -0.25) is 4.79 Å². The van der Waals surface area contributed by atoms with Crippen LogP contribution in [-0.4, -0.2) is 5.78 Å². The lowest BCUT2D eigenvalue weighted by Gasteiger charge is -2.37. The van der Waals surface area contributed by atoms with Crippen LogP contribution >= 0.6 is 11.8 Å². The summed E-state index contributed by atoms with van der Waals surface area (Å²) in [5.74, 6) is -0.00519. The predicted molar refractivity (Wildman–Crippen MR) is 135 cm³/mol. The van der Waals surface area contributed by atoms with Crippen molar-refractivity contribution in [3.8, 4) is 0 Å². The van der Waals surface area contributed by atoms with Gasteiger partial charge in [-0.2, -0.15) is 0 Å². The standard InChI is InChI=1S/C30H24OS/c31-29(24-17-9-3-10-18-24)28-26(22-13-5-1-6-14-22)21-27(23-15-7-2-8-16-23)32-30(28)25-19-11-4-12-20-25/h1-21,26,28,30H. The second-order valence-corrected chi connectivity index (χ2v) is 9.22. The van der Waals surface area contributed by atoms with Gasteiger partial charge in [0.15, 0.2) is 5.78 Å². The van der Waals surface area contributed by atoms with E-state index in [1.165, 1.54) is 21.6 Å². The van der Waals surface area contributed by atoms with Crippen molar-refractivity contribution in [2.24, 2.45) is 5.92 Å². The molecule has 4 aromatic rings. The Balaban J connectivity index is 1.69. The van der Waals surface area contributed by atoms with Crippen molar-refractivity contribution in [2.45, 2.75) is 11.2 Å². The number of Topliss-reactive ketones (excluding diaryl/α,β-unsaturated/α-hetero) is 1. The fraction of sp³-hybridized carbons (Fsp3) is 0.100. The third-order valence-electron chi connectivity index (χ3n) is 6.03. The smallest absolute Gasteiger partial charge is 0.168 e. The summed E-state index contributed by atoms with van der Waals surface area (Å²) in [6, 6.07) is 41.2. The zero-order chi connectivity index (χ0) is 21.8. The Labute approximate surface area is 193 Å². The third-order valence-corrected chi connectivity index (χ3v) is 7.47. The number of carbonyl (C=O) groups is 1. The van der Waals surface area contributed by atoms with Crippen molar-refractivity contribution in [1.82, 2.24) is 0 Å². The molecule has 2 heteroatoms. The van der Waals surface area contributed by atoms with E-state index >= 15 is 0 Å². The molecule has 0 aliphatic carbocycles. The number of rotatable bonds is 5. The molecule has 0 amide bonds. The highest BCUT2D eigenvalue weighted by Crippen LogP contribution is 2.55. The van der Waals surface area contributed by atoms with Gasteiger partial charge in [0.1, 0.15) is 0 Å². The molecule has 0 radical (unpaired) electrons. The largest absolute Gasteiger partial charge is 0.294 e. The van der Waals surface area contributed by atoms with E-state index in [-0.39, 0.29) is 22.9 Å². The summed E-state index contributed by atoms with van der Waals surface area (Å²) in [4.78, 5) is 15.2. The fourth-order valence-corrected chi connectivity index (χ4v) is 5.97. The summed E-state index contributed by atoms with van der Waals surface area (Å²) in [7, 11) is 0. The lowest BCUT2D eigenvalue weighted by Crippen LogP contribution is -2.29. The van der Waals surface area contributed by atoms with Crippen LogP contribution in [0.3, 0.4) is 0 Å². The molecule has 0 spiro atoms. The topological polar surface area (TPSA) is 17.1 Å². The van der Waals surface area contributed by atoms with Gasteiger partial charge in [-0.15, -0.1) is 11.8 Å². The third kappa shape index (κ3) is 4.19. The van der Waals surface area contributed by atoms with Crippen molar-refractivity contribution in [3.05, 3.63) is 150 Å². The lowest BCUT2D eigenvalue weighted by atomic mass is 9.76. The van der Waals surface area contributed by atoms with Crippen molar-refractivity contribution in [2.75, 3.05) is 0 Å². The van der Waals surface area contributed by atoms with E-state index in [4.69, 9.17) is 0 Å². The van der Waals surface area contributed by atoms with Crippen LogP contribution in [0, 0.1) is 5.92 Å². The highest BCUT2D eigenvalue weighted by molar-refractivity contribution is 8.08. The van der Waals surface area contributed by atoms with E-state index in [2.05, 4.69) is 78.9 Å². The molecule has 0 bridgehead atoms. The van der Waals surface area contributed by atoms with Gasteiger partial charge in [0.2, 0.25) is 0 Å². The van der Waals surface area contributed by atoms with Crippen LogP contribution in [-0.2, 0) is 0 Å². The zero-order valence-corrected chi connectivity index (χ0v) is 18.5. The highest BCUT2D eigenvalue weighted by Gasteiger charge is 2.40. The lowest BCUT2D eigenvalue weighted by molar-refractivity contribution is 0.0906. The summed E-state index contributed by atoms with van der Waals surface area (Å²) in [6.07, 6.45) is 2.31. The van der Waals surface area contributed by atoms with Crippen molar-refractivity contribution in [1.29, 1.82) is 0 Å². The van der Waals surface area contributed by atoms with Crippen LogP contribution in [0.1, 0.15) is 38.2 Å². The number of allylic oxidation sites excluding steroid dienone is 1. The summed E-state index contributed by atoms with van der Waals surface area (Å²) in [5, 5.41) is 0.0225. The molecule has 3 atom stereocenters. The summed E-state index contributed by atoms with van der Waals surface area (Å²) < 4.78 is 0. The van der Waals surface area contributed by atoms with Crippen LogP contribution in [0.15, 0.2) is 127 Å². The molecule has 1 aliphatic rings. The molecule has 0 N–H and O–H groups in total. The van der Waals surface area contributed by atoms with E-state index in [0.717, 1.165) is 5.56 Å². The second-order valence-electron chi connectivity index (χ2n) is 8.04. The van der Waals surface area contributed by atoms with Gasteiger partial charge in [-0.05, 0) is 16.7 Å². The predicted octanol–water partition coefficient (Wildman–Crippen LogP) is 7.80. The van der Waals surface area contributed by atoms with E-state index < -0.39 is 0 Å². The van der Waals surface area contributed by atoms with Crippen LogP contribution in [0.4, 0.5) is 0 Å². The molecule has 1 nitrogen and oxygen atoms in total. The molecule has 0 fully saturated rings. The Morgan fingerprint density at radius 2 is 1.09 bits per heavy atom. The van der Waals surface area contributed by atoms with E-state index in [9.17, 15) is 4.79 Å². The molecule has 1 aliphatic heterocycles. The van der Waals surface area contributed by atoms with Crippen LogP contribution in [0.2, 0.25) is 0 Å². The highest BCUT2D eigenvalue weighted by atomic mass is 32.2. The Hall–Kier alpha value is -3.36. The number of hydrogen-bond acceptors (Lipinski definition) is 2. The molecule has 0 saturated carbocycles. The van der Waals surface area contributed by atoms with Crippen LogP contribution in [0.5, 0.6) is 0 Å². The number of benzene rings is 4. The maximum atomic E-state index is 14.0. The number of carbonyl (C=O) groups excluding carboxylic acids is 1. The molecule has 1 heterocycles. The van der Waals surface area contributed by atoms with Crippen molar-refractivity contribution in [3.63, 3.8) is 0 Å². The van der Waals surface area contributed by atoms with E-state index in [0.29, 0.717) is 0 Å². The average molecular weight is 433 g/mol. The van der Waals surface area contributed by atoms with E-state index in [1.54, 1.807) is 0 Å². The first-order valence-electron chi connectivity index (χ1n) is 10.9. The summed E-state index contributed by atoms with van der Waals surface area (Å²) in [6.45, 7) is 0.